The van der Waals surface area contributed by atoms with Gasteiger partial charge in [0, 0.05) is 0 Å². The van der Waals surface area contributed by atoms with Crippen molar-refractivity contribution in [2.45, 2.75) is 0 Å². The van der Waals surface area contributed by atoms with Gasteiger partial charge in [-0.1, -0.05) is 36.4 Å². The fourth-order valence-electron chi connectivity index (χ4n) is 1.29. The third-order valence-corrected chi connectivity index (χ3v) is 1.93. The predicted octanol–water partition coefficient (Wildman–Crippen LogP) is 3.29. The molecule has 0 radical (unpaired) electrons. The summed E-state index contributed by atoms with van der Waals surface area (Å²) < 4.78 is 0. The first kappa shape index (κ1) is 7.93. The van der Waals surface area contributed by atoms with Gasteiger partial charge in [0.05, 0.1) is 0 Å². The summed E-state index contributed by atoms with van der Waals surface area (Å²) in [5, 5.41) is 0. The first-order valence-electron chi connectivity index (χ1n) is 4.40. The standard InChI is InChI=1S/C13H11/c1-3-7-12(8-4-1)11-13-9-5-2-6-10-13/h1-11H/q-1. The van der Waals surface area contributed by atoms with Crippen LogP contribution in [0.5, 0.6) is 0 Å². The van der Waals surface area contributed by atoms with Crippen LogP contribution < -0.4 is 0 Å². The highest BCUT2D eigenvalue weighted by Crippen LogP contribution is 2.10. The molecule has 2 aromatic carbocycles. The molecule has 0 aliphatic rings. The maximum Gasteiger partial charge on any atom is -0.0771 e. The van der Waals surface area contributed by atoms with E-state index in [1.807, 2.05) is 12.1 Å². The van der Waals surface area contributed by atoms with Crippen LogP contribution >= 0.6 is 0 Å². The Hall–Kier alpha value is -1.69. The average molecular weight is 167 g/mol. The first-order valence-corrected chi connectivity index (χ1v) is 4.40. The minimum absolute atomic E-state index is 1.24. The van der Waals surface area contributed by atoms with Gasteiger partial charge in [0.2, 0.25) is 0 Å². The molecule has 2 rings (SSSR count). The van der Waals surface area contributed by atoms with E-state index in [2.05, 4.69) is 55.0 Å². The summed E-state index contributed by atoms with van der Waals surface area (Å²) >= 11 is 0. The van der Waals surface area contributed by atoms with E-state index in [9.17, 15) is 0 Å². The predicted molar refractivity (Wildman–Crippen MR) is 55.4 cm³/mol. The Labute approximate surface area is 78.9 Å². The van der Waals surface area contributed by atoms with Crippen molar-refractivity contribution in [3.05, 3.63) is 78.2 Å². The molecule has 0 heterocycles. The van der Waals surface area contributed by atoms with Gasteiger partial charge in [-0.3, -0.25) is 0 Å². The Balaban J connectivity index is 2.16. The van der Waals surface area contributed by atoms with Crippen LogP contribution in [0.4, 0.5) is 0 Å². The SMILES string of the molecule is c1ccc([CH-]c2ccccc2)cc1. The van der Waals surface area contributed by atoms with Crippen LogP contribution in [-0.4, -0.2) is 0 Å². The van der Waals surface area contributed by atoms with Gasteiger partial charge >= 0.3 is 0 Å². The van der Waals surface area contributed by atoms with E-state index in [1.165, 1.54) is 11.1 Å². The van der Waals surface area contributed by atoms with Gasteiger partial charge < -0.3 is 0 Å². The van der Waals surface area contributed by atoms with Crippen molar-refractivity contribution in [2.24, 2.45) is 0 Å². The minimum atomic E-state index is 1.24. The van der Waals surface area contributed by atoms with Gasteiger partial charge in [-0.05, 0) is 0 Å². The zero-order valence-electron chi connectivity index (χ0n) is 7.35. The molecule has 0 N–H and O–H groups in total. The first-order chi connectivity index (χ1) is 6.45. The molecule has 0 nitrogen and oxygen atoms in total. The van der Waals surface area contributed by atoms with Gasteiger partial charge in [0.25, 0.3) is 0 Å². The fourth-order valence-corrected chi connectivity index (χ4v) is 1.29. The van der Waals surface area contributed by atoms with Crippen molar-refractivity contribution in [3.63, 3.8) is 0 Å². The van der Waals surface area contributed by atoms with Crippen LogP contribution in [0.3, 0.4) is 0 Å². The van der Waals surface area contributed by atoms with Crippen molar-refractivity contribution < 1.29 is 0 Å². The van der Waals surface area contributed by atoms with Crippen molar-refractivity contribution in [3.8, 4) is 0 Å². The second-order valence-electron chi connectivity index (χ2n) is 2.97. The molecule has 0 aliphatic heterocycles. The monoisotopic (exact) mass is 167 g/mol. The van der Waals surface area contributed by atoms with Gasteiger partial charge in [-0.15, -0.1) is 41.8 Å². The average Bonchev–Trinajstić information content (AvgIpc) is 2.21. The Morgan fingerprint density at radius 2 is 0.923 bits per heavy atom. The molecule has 0 bridgehead atoms. The van der Waals surface area contributed by atoms with Gasteiger partial charge in [0.1, 0.15) is 0 Å². The molecule has 0 unspecified atom stereocenters. The van der Waals surface area contributed by atoms with E-state index in [4.69, 9.17) is 0 Å². The second-order valence-corrected chi connectivity index (χ2v) is 2.97. The van der Waals surface area contributed by atoms with E-state index < -0.39 is 0 Å². The number of hydrogen-bond donors (Lipinski definition) is 0. The van der Waals surface area contributed by atoms with Crippen LogP contribution in [0.15, 0.2) is 60.7 Å². The summed E-state index contributed by atoms with van der Waals surface area (Å²) in [6.45, 7) is 0. The van der Waals surface area contributed by atoms with Gasteiger partial charge in [0.15, 0.2) is 0 Å². The second kappa shape index (κ2) is 3.81. The quantitative estimate of drug-likeness (QED) is 0.602. The normalized spacial score (nSPS) is 9.54. The van der Waals surface area contributed by atoms with Crippen molar-refractivity contribution in [1.29, 1.82) is 0 Å². The summed E-state index contributed by atoms with van der Waals surface area (Å²) in [6, 6.07) is 20.7. The van der Waals surface area contributed by atoms with Crippen LogP contribution in [0.25, 0.3) is 0 Å². The van der Waals surface area contributed by atoms with E-state index in [-0.39, 0.29) is 0 Å². The van der Waals surface area contributed by atoms with Crippen LogP contribution in [0.1, 0.15) is 11.1 Å². The molecular formula is C13H11-. The number of benzene rings is 2. The summed E-state index contributed by atoms with van der Waals surface area (Å²) in [6.07, 6.45) is 2.17. The molecule has 0 amide bonds. The van der Waals surface area contributed by atoms with Crippen LogP contribution in [0, 0.1) is 6.42 Å². The summed E-state index contributed by atoms with van der Waals surface area (Å²) in [5.41, 5.74) is 2.49. The summed E-state index contributed by atoms with van der Waals surface area (Å²) in [7, 11) is 0. The Bertz CT molecular complexity index is 311. The molecule has 0 fully saturated rings. The molecule has 13 heavy (non-hydrogen) atoms. The topological polar surface area (TPSA) is 0 Å². The molecular weight excluding hydrogens is 156 g/mol. The van der Waals surface area contributed by atoms with E-state index in [0.29, 0.717) is 0 Å². The molecule has 64 valence electrons. The van der Waals surface area contributed by atoms with Crippen LogP contribution in [-0.2, 0) is 0 Å². The third-order valence-electron chi connectivity index (χ3n) is 1.93. The molecule has 0 spiro atoms. The van der Waals surface area contributed by atoms with E-state index >= 15 is 0 Å². The Kier molecular flexibility index (Phi) is 2.33. The molecule has 0 saturated heterocycles. The highest BCUT2D eigenvalue weighted by atomic mass is 14.0. The maximum atomic E-state index is 2.17. The highest BCUT2D eigenvalue weighted by molar-refractivity contribution is 5.36. The van der Waals surface area contributed by atoms with Gasteiger partial charge in [-0.2, -0.15) is 0 Å². The molecule has 0 aliphatic carbocycles. The highest BCUT2D eigenvalue weighted by Gasteiger charge is 1.84. The molecule has 0 aromatic heterocycles. The van der Waals surface area contributed by atoms with Crippen molar-refractivity contribution >= 4 is 0 Å². The largest absolute Gasteiger partial charge is 0.126 e. The van der Waals surface area contributed by atoms with E-state index in [0.717, 1.165) is 0 Å². The summed E-state index contributed by atoms with van der Waals surface area (Å²) in [4.78, 5) is 0. The fraction of sp³-hybridized carbons (Fsp3) is 0. The smallest absolute Gasteiger partial charge is 0.0771 e. The lowest BCUT2D eigenvalue weighted by Gasteiger charge is -2.07. The zero-order valence-corrected chi connectivity index (χ0v) is 7.35. The molecule has 2 aromatic rings. The lowest BCUT2D eigenvalue weighted by atomic mass is 10.1. The number of hydrogen-bond acceptors (Lipinski definition) is 0. The van der Waals surface area contributed by atoms with Crippen molar-refractivity contribution in [2.75, 3.05) is 0 Å². The zero-order chi connectivity index (χ0) is 8.93. The van der Waals surface area contributed by atoms with Crippen LogP contribution in [0.2, 0.25) is 0 Å². The third kappa shape index (κ3) is 2.12. The van der Waals surface area contributed by atoms with Gasteiger partial charge in [-0.25, -0.2) is 0 Å². The van der Waals surface area contributed by atoms with Crippen molar-refractivity contribution in [1.82, 2.24) is 0 Å². The Morgan fingerprint density at radius 3 is 1.31 bits per heavy atom. The Morgan fingerprint density at radius 1 is 0.538 bits per heavy atom. The summed E-state index contributed by atoms with van der Waals surface area (Å²) in [5.74, 6) is 0. The molecule has 0 atom stereocenters. The lowest BCUT2D eigenvalue weighted by Crippen LogP contribution is -1.82. The number of rotatable bonds is 2. The maximum absolute atomic E-state index is 2.17. The lowest BCUT2D eigenvalue weighted by molar-refractivity contribution is 1.43. The van der Waals surface area contributed by atoms with E-state index in [1.54, 1.807) is 0 Å². The molecule has 0 saturated carbocycles. The molecule has 0 heteroatoms. The minimum Gasteiger partial charge on any atom is -0.126 e.